The van der Waals surface area contributed by atoms with Gasteiger partial charge in [0.25, 0.3) is 11.6 Å². The molecule has 1 N–H and O–H groups in total. The first-order chi connectivity index (χ1) is 11.0. The van der Waals surface area contributed by atoms with E-state index in [-0.39, 0.29) is 11.3 Å². The SMILES string of the molecule is COc1ccc(NC(=O)c2cc([N+](=O)[O-])ccc2I)cc1OC. The van der Waals surface area contributed by atoms with Crippen LogP contribution in [0.15, 0.2) is 36.4 Å². The fraction of sp³-hybridized carbons (Fsp3) is 0.133. The van der Waals surface area contributed by atoms with Crippen molar-refractivity contribution in [1.29, 1.82) is 0 Å². The summed E-state index contributed by atoms with van der Waals surface area (Å²) in [6.07, 6.45) is 0. The summed E-state index contributed by atoms with van der Waals surface area (Å²) < 4.78 is 10.9. The topological polar surface area (TPSA) is 90.7 Å². The largest absolute Gasteiger partial charge is 0.493 e. The Hall–Kier alpha value is -2.36. The zero-order valence-corrected chi connectivity index (χ0v) is 14.5. The van der Waals surface area contributed by atoms with E-state index >= 15 is 0 Å². The van der Waals surface area contributed by atoms with Gasteiger partial charge in [0.05, 0.1) is 24.7 Å². The molecule has 2 aromatic rings. The number of hydrogen-bond donors (Lipinski definition) is 1. The van der Waals surface area contributed by atoms with Crippen molar-refractivity contribution in [3.8, 4) is 11.5 Å². The minimum atomic E-state index is -0.538. The minimum absolute atomic E-state index is 0.136. The summed E-state index contributed by atoms with van der Waals surface area (Å²) in [5, 5.41) is 13.5. The molecule has 0 bridgehead atoms. The second-order valence-corrected chi connectivity index (χ2v) is 5.61. The van der Waals surface area contributed by atoms with Crippen molar-refractivity contribution < 1.29 is 19.2 Å². The Morgan fingerprint density at radius 2 is 1.83 bits per heavy atom. The van der Waals surface area contributed by atoms with Gasteiger partial charge in [0.1, 0.15) is 0 Å². The minimum Gasteiger partial charge on any atom is -0.493 e. The van der Waals surface area contributed by atoms with Crippen LogP contribution in [0.2, 0.25) is 0 Å². The van der Waals surface area contributed by atoms with Crippen molar-refractivity contribution in [3.05, 3.63) is 55.6 Å². The first-order valence-electron chi connectivity index (χ1n) is 6.43. The number of anilines is 1. The number of benzene rings is 2. The van der Waals surface area contributed by atoms with Crippen molar-refractivity contribution in [2.45, 2.75) is 0 Å². The first-order valence-corrected chi connectivity index (χ1v) is 7.51. The van der Waals surface area contributed by atoms with Crippen LogP contribution in [-0.2, 0) is 0 Å². The maximum Gasteiger partial charge on any atom is 0.270 e. The average Bonchev–Trinajstić information content (AvgIpc) is 2.54. The molecule has 2 aromatic carbocycles. The molecule has 1 amide bonds. The highest BCUT2D eigenvalue weighted by atomic mass is 127. The molecule has 7 nitrogen and oxygen atoms in total. The van der Waals surface area contributed by atoms with E-state index in [2.05, 4.69) is 5.32 Å². The van der Waals surface area contributed by atoms with Gasteiger partial charge in [0.15, 0.2) is 11.5 Å². The van der Waals surface area contributed by atoms with Gasteiger partial charge in [0.2, 0.25) is 0 Å². The molecule has 2 rings (SSSR count). The van der Waals surface area contributed by atoms with Gasteiger partial charge in [-0.15, -0.1) is 0 Å². The van der Waals surface area contributed by atoms with E-state index in [1.54, 1.807) is 18.2 Å². The molecular formula is C15H13IN2O5. The second kappa shape index (κ2) is 7.27. The number of carbonyl (C=O) groups is 1. The van der Waals surface area contributed by atoms with Crippen LogP contribution >= 0.6 is 22.6 Å². The van der Waals surface area contributed by atoms with Crippen molar-refractivity contribution >= 4 is 39.9 Å². The molecule has 0 spiro atoms. The van der Waals surface area contributed by atoms with Crippen molar-refractivity contribution in [3.63, 3.8) is 0 Å². The van der Waals surface area contributed by atoms with Crippen LogP contribution in [0.25, 0.3) is 0 Å². The summed E-state index contributed by atoms with van der Waals surface area (Å²) in [5.41, 5.74) is 0.590. The molecule has 0 aliphatic rings. The Kier molecular flexibility index (Phi) is 5.37. The fourth-order valence-corrected chi connectivity index (χ4v) is 2.49. The highest BCUT2D eigenvalue weighted by molar-refractivity contribution is 14.1. The third-order valence-electron chi connectivity index (χ3n) is 3.05. The van der Waals surface area contributed by atoms with Crippen LogP contribution < -0.4 is 14.8 Å². The van der Waals surface area contributed by atoms with E-state index in [4.69, 9.17) is 9.47 Å². The molecule has 0 unspecified atom stereocenters. The molecular weight excluding hydrogens is 415 g/mol. The van der Waals surface area contributed by atoms with Gasteiger partial charge in [-0.1, -0.05) is 0 Å². The molecule has 0 saturated heterocycles. The first kappa shape index (κ1) is 17.0. The number of amides is 1. The van der Waals surface area contributed by atoms with Gasteiger partial charge in [-0.3, -0.25) is 14.9 Å². The average molecular weight is 428 g/mol. The zero-order valence-electron chi connectivity index (χ0n) is 12.3. The van der Waals surface area contributed by atoms with E-state index in [0.717, 1.165) is 0 Å². The van der Waals surface area contributed by atoms with Gasteiger partial charge in [-0.05, 0) is 40.8 Å². The molecule has 0 aliphatic carbocycles. The third kappa shape index (κ3) is 3.89. The number of methoxy groups -OCH3 is 2. The lowest BCUT2D eigenvalue weighted by Crippen LogP contribution is -2.14. The Bertz CT molecular complexity index is 764. The maximum absolute atomic E-state index is 12.4. The Morgan fingerprint density at radius 3 is 2.43 bits per heavy atom. The quantitative estimate of drug-likeness (QED) is 0.448. The summed E-state index contributed by atoms with van der Waals surface area (Å²) in [7, 11) is 3.01. The highest BCUT2D eigenvalue weighted by Gasteiger charge is 2.16. The number of hydrogen-bond acceptors (Lipinski definition) is 5. The Morgan fingerprint density at radius 1 is 1.13 bits per heavy atom. The lowest BCUT2D eigenvalue weighted by Gasteiger charge is -2.11. The molecule has 23 heavy (non-hydrogen) atoms. The summed E-state index contributed by atoms with van der Waals surface area (Å²) in [6, 6.07) is 9.06. The molecule has 0 heterocycles. The van der Waals surface area contributed by atoms with E-state index < -0.39 is 10.8 Å². The van der Waals surface area contributed by atoms with Crippen molar-refractivity contribution in [1.82, 2.24) is 0 Å². The Labute approximate surface area is 145 Å². The molecule has 8 heteroatoms. The van der Waals surface area contributed by atoms with Crippen LogP contribution in [0.4, 0.5) is 11.4 Å². The second-order valence-electron chi connectivity index (χ2n) is 4.45. The van der Waals surface area contributed by atoms with Gasteiger partial charge in [0, 0.05) is 27.5 Å². The molecule has 0 fully saturated rings. The lowest BCUT2D eigenvalue weighted by atomic mass is 10.2. The summed E-state index contributed by atoms with van der Waals surface area (Å²) in [6.45, 7) is 0. The van der Waals surface area contributed by atoms with Crippen LogP contribution in [0.5, 0.6) is 11.5 Å². The highest BCUT2D eigenvalue weighted by Crippen LogP contribution is 2.30. The predicted octanol–water partition coefficient (Wildman–Crippen LogP) is 3.47. The van der Waals surface area contributed by atoms with Crippen LogP contribution in [0.3, 0.4) is 0 Å². The van der Waals surface area contributed by atoms with Crippen LogP contribution in [-0.4, -0.2) is 25.1 Å². The standard InChI is InChI=1S/C15H13IN2O5/c1-22-13-6-3-9(7-14(13)23-2)17-15(19)11-8-10(18(20)21)4-5-12(11)16/h3-8H,1-2H3,(H,17,19). The normalized spacial score (nSPS) is 10.0. The summed E-state index contributed by atoms with van der Waals surface area (Å²) in [5.74, 6) is 0.569. The number of nitro benzene ring substituents is 1. The predicted molar refractivity (Wildman–Crippen MR) is 93.3 cm³/mol. The molecule has 120 valence electrons. The van der Waals surface area contributed by atoms with Crippen LogP contribution in [0.1, 0.15) is 10.4 Å². The molecule has 0 aromatic heterocycles. The van der Waals surface area contributed by atoms with Gasteiger partial charge in [-0.2, -0.15) is 0 Å². The van der Waals surface area contributed by atoms with Crippen molar-refractivity contribution in [2.24, 2.45) is 0 Å². The maximum atomic E-state index is 12.4. The monoisotopic (exact) mass is 428 g/mol. The van der Waals surface area contributed by atoms with E-state index in [9.17, 15) is 14.9 Å². The van der Waals surface area contributed by atoms with E-state index in [1.165, 1.54) is 32.4 Å². The lowest BCUT2D eigenvalue weighted by molar-refractivity contribution is -0.384. The van der Waals surface area contributed by atoms with Gasteiger partial charge >= 0.3 is 0 Å². The zero-order chi connectivity index (χ0) is 17.0. The number of rotatable bonds is 5. The number of ether oxygens (including phenoxy) is 2. The Balaban J connectivity index is 2.29. The molecule has 0 atom stereocenters. The molecule has 0 saturated carbocycles. The summed E-state index contributed by atoms with van der Waals surface area (Å²) >= 11 is 1.96. The number of nitrogens with zero attached hydrogens (tertiary/aromatic N) is 1. The molecule has 0 aliphatic heterocycles. The van der Waals surface area contributed by atoms with Gasteiger partial charge < -0.3 is 14.8 Å². The fourth-order valence-electron chi connectivity index (χ4n) is 1.91. The number of non-ortho nitro benzene ring substituents is 1. The van der Waals surface area contributed by atoms with E-state index in [1.807, 2.05) is 22.6 Å². The summed E-state index contributed by atoms with van der Waals surface area (Å²) in [4.78, 5) is 22.7. The van der Waals surface area contributed by atoms with Crippen LogP contribution in [0, 0.1) is 13.7 Å². The van der Waals surface area contributed by atoms with E-state index in [0.29, 0.717) is 20.8 Å². The number of nitrogens with one attached hydrogen (secondary N) is 1. The van der Waals surface area contributed by atoms with Crippen molar-refractivity contribution in [2.75, 3.05) is 19.5 Å². The number of halogens is 1. The number of nitro groups is 1. The smallest absolute Gasteiger partial charge is 0.270 e. The van der Waals surface area contributed by atoms with Gasteiger partial charge in [-0.25, -0.2) is 0 Å². The third-order valence-corrected chi connectivity index (χ3v) is 3.99. The number of carbonyl (C=O) groups excluding carboxylic acids is 1. The molecule has 0 radical (unpaired) electrons.